The van der Waals surface area contributed by atoms with Crippen LogP contribution in [0.4, 0.5) is 5.13 Å². The van der Waals surface area contributed by atoms with E-state index >= 15 is 0 Å². The highest BCUT2D eigenvalue weighted by Crippen LogP contribution is 2.33. The number of carbonyl (C=O) groups excluding carboxylic acids is 1. The van der Waals surface area contributed by atoms with Gasteiger partial charge in [-0.25, -0.2) is 4.98 Å². The molecule has 0 aliphatic heterocycles. The molecule has 3 heterocycles. The second-order valence-electron chi connectivity index (χ2n) is 5.75. The number of amides is 1. The quantitative estimate of drug-likeness (QED) is 0.507. The number of thiophene rings is 1. The summed E-state index contributed by atoms with van der Waals surface area (Å²) in [7, 11) is 1.62. The van der Waals surface area contributed by atoms with Gasteiger partial charge < -0.3 is 9.26 Å². The van der Waals surface area contributed by atoms with Crippen LogP contribution in [0.25, 0.3) is 21.9 Å². The predicted octanol–water partition coefficient (Wildman–Crippen LogP) is 5.10. The topological polar surface area (TPSA) is 77.2 Å². The van der Waals surface area contributed by atoms with Crippen molar-refractivity contribution in [1.82, 2.24) is 10.1 Å². The highest BCUT2D eigenvalue weighted by atomic mass is 32.1. The number of anilines is 1. The van der Waals surface area contributed by atoms with E-state index in [0.717, 1.165) is 27.4 Å². The summed E-state index contributed by atoms with van der Waals surface area (Å²) in [5, 5.41) is 10.9. The predicted molar refractivity (Wildman–Crippen MR) is 107 cm³/mol. The van der Waals surface area contributed by atoms with E-state index in [4.69, 9.17) is 9.26 Å². The number of nitrogens with one attached hydrogen (secondary N) is 1. The first kappa shape index (κ1) is 17.4. The van der Waals surface area contributed by atoms with Gasteiger partial charge in [-0.05, 0) is 30.5 Å². The molecule has 0 saturated heterocycles. The summed E-state index contributed by atoms with van der Waals surface area (Å²) in [5.74, 6) is 0.944. The lowest BCUT2D eigenvalue weighted by Crippen LogP contribution is -2.11. The van der Waals surface area contributed by atoms with Gasteiger partial charge in [0.2, 0.25) is 0 Å². The minimum Gasteiger partial charge on any atom is -0.496 e. The van der Waals surface area contributed by atoms with E-state index < -0.39 is 0 Å². The second kappa shape index (κ2) is 7.34. The Morgan fingerprint density at radius 2 is 2.11 bits per heavy atom. The molecule has 3 aromatic heterocycles. The third-order valence-electron chi connectivity index (χ3n) is 3.86. The Morgan fingerprint density at radius 1 is 1.22 bits per heavy atom. The molecule has 0 aliphatic rings. The SMILES string of the molecule is COc1ccc(C)cc1-c1csc(NC(=O)c2cc(-c3cccs3)on2)n1. The van der Waals surface area contributed by atoms with Crippen molar-refractivity contribution in [3.63, 3.8) is 0 Å². The number of ether oxygens (including phenoxy) is 1. The largest absolute Gasteiger partial charge is 0.496 e. The lowest BCUT2D eigenvalue weighted by Gasteiger charge is -2.07. The van der Waals surface area contributed by atoms with Crippen molar-refractivity contribution < 1.29 is 14.1 Å². The Labute approximate surface area is 163 Å². The smallest absolute Gasteiger partial charge is 0.279 e. The minimum absolute atomic E-state index is 0.211. The van der Waals surface area contributed by atoms with Crippen molar-refractivity contribution in [2.45, 2.75) is 6.92 Å². The van der Waals surface area contributed by atoms with Gasteiger partial charge in [-0.2, -0.15) is 0 Å². The fraction of sp³-hybridized carbons (Fsp3) is 0.105. The zero-order valence-electron chi connectivity index (χ0n) is 14.6. The van der Waals surface area contributed by atoms with Gasteiger partial charge in [0.25, 0.3) is 5.91 Å². The summed E-state index contributed by atoms with van der Waals surface area (Å²) in [6.07, 6.45) is 0. The van der Waals surface area contributed by atoms with Crippen LogP contribution in [0.5, 0.6) is 5.75 Å². The van der Waals surface area contributed by atoms with E-state index in [0.29, 0.717) is 10.9 Å². The monoisotopic (exact) mass is 397 g/mol. The van der Waals surface area contributed by atoms with Gasteiger partial charge in [-0.1, -0.05) is 22.9 Å². The van der Waals surface area contributed by atoms with Crippen molar-refractivity contribution >= 4 is 33.7 Å². The molecular weight excluding hydrogens is 382 g/mol. The fourth-order valence-corrected chi connectivity index (χ4v) is 3.93. The van der Waals surface area contributed by atoms with Crippen molar-refractivity contribution in [2.24, 2.45) is 0 Å². The van der Waals surface area contributed by atoms with Gasteiger partial charge in [-0.15, -0.1) is 22.7 Å². The molecule has 0 atom stereocenters. The van der Waals surface area contributed by atoms with Crippen molar-refractivity contribution in [3.8, 4) is 27.6 Å². The minimum atomic E-state index is -0.362. The third kappa shape index (κ3) is 3.62. The number of benzene rings is 1. The molecule has 4 rings (SSSR count). The van der Waals surface area contributed by atoms with E-state index in [1.807, 2.05) is 48.0 Å². The number of thiazole rings is 1. The molecule has 4 aromatic rings. The average Bonchev–Trinajstić information content (AvgIpc) is 3.42. The van der Waals surface area contributed by atoms with Crippen LogP contribution in [-0.4, -0.2) is 23.2 Å². The maximum absolute atomic E-state index is 12.4. The van der Waals surface area contributed by atoms with Crippen LogP contribution in [0.3, 0.4) is 0 Å². The molecule has 0 spiro atoms. The number of methoxy groups -OCH3 is 1. The van der Waals surface area contributed by atoms with Crippen molar-refractivity contribution in [2.75, 3.05) is 12.4 Å². The highest BCUT2D eigenvalue weighted by molar-refractivity contribution is 7.14. The molecule has 0 aliphatic carbocycles. The Balaban J connectivity index is 1.53. The maximum Gasteiger partial charge on any atom is 0.279 e. The van der Waals surface area contributed by atoms with Gasteiger partial charge in [0.05, 0.1) is 17.7 Å². The lowest BCUT2D eigenvalue weighted by atomic mass is 10.1. The molecule has 8 heteroatoms. The van der Waals surface area contributed by atoms with Gasteiger partial charge in [0.15, 0.2) is 16.6 Å². The summed E-state index contributed by atoms with van der Waals surface area (Å²) < 4.78 is 10.7. The molecule has 6 nitrogen and oxygen atoms in total. The van der Waals surface area contributed by atoms with E-state index in [1.165, 1.54) is 22.7 Å². The van der Waals surface area contributed by atoms with Gasteiger partial charge in [-0.3, -0.25) is 10.1 Å². The van der Waals surface area contributed by atoms with E-state index in [-0.39, 0.29) is 11.6 Å². The molecular formula is C19H15N3O3S2. The molecule has 0 bridgehead atoms. The summed E-state index contributed by atoms with van der Waals surface area (Å²) in [6.45, 7) is 2.01. The summed E-state index contributed by atoms with van der Waals surface area (Å²) >= 11 is 2.87. The van der Waals surface area contributed by atoms with Crippen LogP contribution in [0, 0.1) is 6.92 Å². The highest BCUT2D eigenvalue weighted by Gasteiger charge is 2.17. The molecule has 0 radical (unpaired) electrons. The van der Waals surface area contributed by atoms with E-state index in [1.54, 1.807) is 13.2 Å². The van der Waals surface area contributed by atoms with Crippen molar-refractivity contribution in [3.05, 3.63) is 58.4 Å². The molecule has 1 aromatic carbocycles. The van der Waals surface area contributed by atoms with Crippen molar-refractivity contribution in [1.29, 1.82) is 0 Å². The zero-order chi connectivity index (χ0) is 18.8. The Bertz CT molecular complexity index is 1080. The molecule has 0 fully saturated rings. The van der Waals surface area contributed by atoms with E-state index in [2.05, 4.69) is 15.5 Å². The number of nitrogens with zero attached hydrogens (tertiary/aromatic N) is 2. The molecule has 0 saturated carbocycles. The fourth-order valence-electron chi connectivity index (χ4n) is 2.56. The number of hydrogen-bond donors (Lipinski definition) is 1. The third-order valence-corrected chi connectivity index (χ3v) is 5.50. The maximum atomic E-state index is 12.4. The number of aryl methyl sites for hydroxylation is 1. The first-order valence-corrected chi connectivity index (χ1v) is 9.82. The number of hydrogen-bond acceptors (Lipinski definition) is 7. The second-order valence-corrected chi connectivity index (χ2v) is 7.56. The normalized spacial score (nSPS) is 10.7. The molecule has 1 amide bonds. The zero-order valence-corrected chi connectivity index (χ0v) is 16.2. The van der Waals surface area contributed by atoms with Crippen LogP contribution in [0.2, 0.25) is 0 Å². The van der Waals surface area contributed by atoms with Crippen LogP contribution in [0.1, 0.15) is 16.1 Å². The average molecular weight is 397 g/mol. The first-order valence-electron chi connectivity index (χ1n) is 8.06. The number of aromatic nitrogens is 2. The van der Waals surface area contributed by atoms with Crippen LogP contribution in [-0.2, 0) is 0 Å². The Kier molecular flexibility index (Phi) is 4.74. The number of carbonyl (C=O) groups is 1. The number of rotatable bonds is 5. The Morgan fingerprint density at radius 3 is 2.89 bits per heavy atom. The molecule has 1 N–H and O–H groups in total. The van der Waals surface area contributed by atoms with Gasteiger partial charge in [0.1, 0.15) is 5.75 Å². The van der Waals surface area contributed by atoms with Crippen LogP contribution in [0.15, 0.2) is 51.7 Å². The summed E-state index contributed by atoms with van der Waals surface area (Å²) in [5.41, 5.74) is 2.95. The molecule has 136 valence electrons. The lowest BCUT2D eigenvalue weighted by molar-refractivity contribution is 0.101. The molecule has 27 heavy (non-hydrogen) atoms. The summed E-state index contributed by atoms with van der Waals surface area (Å²) in [6, 6.07) is 11.3. The summed E-state index contributed by atoms with van der Waals surface area (Å²) in [4.78, 5) is 17.9. The Hall–Kier alpha value is -2.97. The standard InChI is InChI=1S/C19H15N3O3S2/c1-11-5-6-15(24-2)12(8-11)14-10-27-19(20-14)21-18(23)13-9-16(25-22-13)17-4-3-7-26-17/h3-10H,1-2H3,(H,20,21,23). The van der Waals surface area contributed by atoms with Crippen LogP contribution >= 0.6 is 22.7 Å². The van der Waals surface area contributed by atoms with Crippen LogP contribution < -0.4 is 10.1 Å². The van der Waals surface area contributed by atoms with Gasteiger partial charge in [0, 0.05) is 17.0 Å². The van der Waals surface area contributed by atoms with E-state index in [9.17, 15) is 4.79 Å². The first-order chi connectivity index (χ1) is 13.1. The molecule has 0 unspecified atom stereocenters. The van der Waals surface area contributed by atoms with Gasteiger partial charge >= 0.3 is 0 Å².